The van der Waals surface area contributed by atoms with E-state index in [4.69, 9.17) is 16.3 Å². The van der Waals surface area contributed by atoms with Gasteiger partial charge in [-0.15, -0.1) is 0 Å². The zero-order valence-electron chi connectivity index (χ0n) is 15.3. The number of carbonyl (C=O) groups excluding carboxylic acids is 2. The fraction of sp³-hybridized carbons (Fsp3) is 0.333. The van der Waals surface area contributed by atoms with Crippen LogP contribution in [0.4, 0.5) is 0 Å². The van der Waals surface area contributed by atoms with Crippen molar-refractivity contribution in [2.45, 2.75) is 32.4 Å². The number of hydrogen-bond acceptors (Lipinski definition) is 3. The minimum atomic E-state index is -0.681. The number of amides is 2. The molecule has 142 valence electrons. The molecule has 2 aromatic carbocycles. The van der Waals surface area contributed by atoms with Crippen LogP contribution in [0.3, 0.4) is 0 Å². The van der Waals surface area contributed by atoms with Crippen LogP contribution in [-0.2, 0) is 11.3 Å². The summed E-state index contributed by atoms with van der Waals surface area (Å²) in [6.07, 6.45) is 1.44. The van der Waals surface area contributed by atoms with E-state index in [9.17, 15) is 9.59 Å². The number of benzene rings is 2. The lowest BCUT2D eigenvalue weighted by molar-refractivity contribution is -0.127. The fourth-order valence-corrected chi connectivity index (χ4v) is 3.21. The molecular weight excluding hydrogens is 364 g/mol. The van der Waals surface area contributed by atoms with Crippen molar-refractivity contribution in [2.24, 2.45) is 0 Å². The molecule has 1 fully saturated rings. The third-order valence-electron chi connectivity index (χ3n) is 4.54. The molecule has 0 saturated carbocycles. The maximum atomic E-state index is 12.5. The quantitative estimate of drug-likeness (QED) is 0.824. The average molecular weight is 387 g/mol. The first-order valence-electron chi connectivity index (χ1n) is 9.11. The van der Waals surface area contributed by atoms with Crippen LogP contribution in [-0.4, -0.2) is 35.9 Å². The Balaban J connectivity index is 1.56. The number of ether oxygens (including phenoxy) is 1. The van der Waals surface area contributed by atoms with Gasteiger partial charge in [0.05, 0.1) is 5.02 Å². The van der Waals surface area contributed by atoms with Crippen LogP contribution in [0.2, 0.25) is 5.02 Å². The predicted octanol–water partition coefficient (Wildman–Crippen LogP) is 3.66. The molecule has 1 saturated heterocycles. The molecule has 0 spiro atoms. The van der Waals surface area contributed by atoms with Gasteiger partial charge in [-0.2, -0.15) is 0 Å². The van der Waals surface area contributed by atoms with E-state index in [1.165, 1.54) is 0 Å². The highest BCUT2D eigenvalue weighted by atomic mass is 35.5. The van der Waals surface area contributed by atoms with E-state index in [1.807, 2.05) is 29.2 Å². The van der Waals surface area contributed by atoms with Crippen molar-refractivity contribution in [3.05, 3.63) is 64.7 Å². The molecule has 27 heavy (non-hydrogen) atoms. The second-order valence-electron chi connectivity index (χ2n) is 6.61. The van der Waals surface area contributed by atoms with Gasteiger partial charge in [0, 0.05) is 25.2 Å². The summed E-state index contributed by atoms with van der Waals surface area (Å²) < 4.78 is 5.62. The van der Waals surface area contributed by atoms with Crippen molar-refractivity contribution < 1.29 is 14.3 Å². The van der Waals surface area contributed by atoms with E-state index < -0.39 is 6.10 Å². The van der Waals surface area contributed by atoms with Gasteiger partial charge < -0.3 is 15.0 Å². The van der Waals surface area contributed by atoms with Gasteiger partial charge in [0.1, 0.15) is 5.75 Å². The largest absolute Gasteiger partial charge is 0.479 e. The molecule has 2 amide bonds. The first-order chi connectivity index (χ1) is 13.0. The molecule has 0 radical (unpaired) electrons. The smallest absolute Gasteiger partial charge is 0.261 e. The number of nitrogens with one attached hydrogen (secondary N) is 1. The predicted molar refractivity (Wildman–Crippen MR) is 105 cm³/mol. The lowest BCUT2D eigenvalue weighted by atomic mass is 10.1. The van der Waals surface area contributed by atoms with Gasteiger partial charge in [0.25, 0.3) is 11.8 Å². The Morgan fingerprint density at radius 2 is 1.89 bits per heavy atom. The summed E-state index contributed by atoms with van der Waals surface area (Å²) in [4.78, 5) is 26.7. The number of rotatable bonds is 6. The molecule has 0 aliphatic carbocycles. The molecule has 1 heterocycles. The first-order valence-corrected chi connectivity index (χ1v) is 9.49. The van der Waals surface area contributed by atoms with E-state index in [-0.39, 0.29) is 11.8 Å². The minimum Gasteiger partial charge on any atom is -0.479 e. The summed E-state index contributed by atoms with van der Waals surface area (Å²) in [5, 5.41) is 3.31. The van der Waals surface area contributed by atoms with E-state index in [0.29, 0.717) is 22.9 Å². The normalized spacial score (nSPS) is 14.7. The van der Waals surface area contributed by atoms with Gasteiger partial charge in [-0.05, 0) is 49.6 Å². The molecule has 1 aliphatic rings. The number of nitrogens with zero attached hydrogens (tertiary/aromatic N) is 1. The molecule has 6 heteroatoms. The van der Waals surface area contributed by atoms with Crippen molar-refractivity contribution in [1.82, 2.24) is 10.2 Å². The van der Waals surface area contributed by atoms with Gasteiger partial charge in [-0.25, -0.2) is 0 Å². The van der Waals surface area contributed by atoms with E-state index in [2.05, 4.69) is 5.32 Å². The van der Waals surface area contributed by atoms with Crippen LogP contribution in [0.1, 0.15) is 35.7 Å². The zero-order valence-corrected chi connectivity index (χ0v) is 16.0. The van der Waals surface area contributed by atoms with E-state index >= 15 is 0 Å². The van der Waals surface area contributed by atoms with Crippen molar-refractivity contribution in [2.75, 3.05) is 13.1 Å². The Hall–Kier alpha value is -2.53. The first kappa shape index (κ1) is 19.2. The SMILES string of the molecule is CC(Oc1ccccc1Cl)C(=O)NCc1cccc(C(=O)N2CCCC2)c1. The van der Waals surface area contributed by atoms with Crippen LogP contribution >= 0.6 is 11.6 Å². The number of hydrogen-bond donors (Lipinski definition) is 1. The highest BCUT2D eigenvalue weighted by Gasteiger charge is 2.20. The van der Waals surface area contributed by atoms with Crippen LogP contribution in [0.25, 0.3) is 0 Å². The van der Waals surface area contributed by atoms with Crippen LogP contribution in [0.5, 0.6) is 5.75 Å². The summed E-state index contributed by atoms with van der Waals surface area (Å²) in [5.74, 6) is 0.280. The fourth-order valence-electron chi connectivity index (χ4n) is 3.03. The zero-order chi connectivity index (χ0) is 19.2. The Bertz CT molecular complexity index is 819. The molecule has 0 bridgehead atoms. The maximum absolute atomic E-state index is 12.5. The average Bonchev–Trinajstić information content (AvgIpc) is 3.22. The molecule has 1 atom stereocenters. The molecule has 1 aliphatic heterocycles. The Morgan fingerprint density at radius 3 is 2.63 bits per heavy atom. The third kappa shape index (κ3) is 5.01. The standard InChI is InChI=1S/C21H23ClN2O3/c1-15(27-19-10-3-2-9-18(19)22)20(25)23-14-16-7-6-8-17(13-16)21(26)24-11-4-5-12-24/h2-3,6-10,13,15H,4-5,11-12,14H2,1H3,(H,23,25). The highest BCUT2D eigenvalue weighted by Crippen LogP contribution is 2.24. The van der Waals surface area contributed by atoms with Crippen molar-refractivity contribution in [3.63, 3.8) is 0 Å². The topological polar surface area (TPSA) is 58.6 Å². The number of para-hydroxylation sites is 1. The van der Waals surface area contributed by atoms with Crippen LogP contribution in [0.15, 0.2) is 48.5 Å². The second kappa shape index (κ2) is 8.91. The molecule has 3 rings (SSSR count). The summed E-state index contributed by atoms with van der Waals surface area (Å²) in [5.41, 5.74) is 1.53. The Morgan fingerprint density at radius 1 is 1.15 bits per heavy atom. The van der Waals surface area contributed by atoms with Gasteiger partial charge in [0.15, 0.2) is 6.10 Å². The van der Waals surface area contributed by atoms with Crippen LogP contribution in [0, 0.1) is 0 Å². The van der Waals surface area contributed by atoms with Crippen LogP contribution < -0.4 is 10.1 Å². The summed E-state index contributed by atoms with van der Waals surface area (Å²) in [7, 11) is 0. The molecule has 5 nitrogen and oxygen atoms in total. The van der Waals surface area contributed by atoms with Crippen molar-refractivity contribution in [3.8, 4) is 5.75 Å². The number of likely N-dealkylation sites (tertiary alicyclic amines) is 1. The van der Waals surface area contributed by atoms with Gasteiger partial charge in [-0.3, -0.25) is 9.59 Å². The third-order valence-corrected chi connectivity index (χ3v) is 4.86. The van der Waals surface area contributed by atoms with Gasteiger partial charge >= 0.3 is 0 Å². The van der Waals surface area contributed by atoms with Gasteiger partial charge in [0.2, 0.25) is 0 Å². The molecule has 0 aromatic heterocycles. The van der Waals surface area contributed by atoms with Crippen molar-refractivity contribution in [1.29, 1.82) is 0 Å². The molecule has 1 N–H and O–H groups in total. The second-order valence-corrected chi connectivity index (χ2v) is 7.02. The van der Waals surface area contributed by atoms with E-state index in [0.717, 1.165) is 31.5 Å². The molecule has 2 aromatic rings. The molecular formula is C21H23ClN2O3. The van der Waals surface area contributed by atoms with E-state index in [1.54, 1.807) is 31.2 Å². The Kier molecular flexibility index (Phi) is 6.35. The molecule has 1 unspecified atom stereocenters. The monoisotopic (exact) mass is 386 g/mol. The highest BCUT2D eigenvalue weighted by molar-refractivity contribution is 6.32. The number of carbonyl (C=O) groups is 2. The maximum Gasteiger partial charge on any atom is 0.261 e. The summed E-state index contributed by atoms with van der Waals surface area (Å²) in [6.45, 7) is 3.63. The van der Waals surface area contributed by atoms with Gasteiger partial charge in [-0.1, -0.05) is 35.9 Å². The lowest BCUT2D eigenvalue weighted by Crippen LogP contribution is -2.36. The van der Waals surface area contributed by atoms with Crippen molar-refractivity contribution >= 4 is 23.4 Å². The summed E-state index contributed by atoms with van der Waals surface area (Å²) in [6, 6.07) is 14.4. The minimum absolute atomic E-state index is 0.0519. The lowest BCUT2D eigenvalue weighted by Gasteiger charge is -2.17. The summed E-state index contributed by atoms with van der Waals surface area (Å²) >= 11 is 6.05. The Labute approximate surface area is 164 Å². The number of halogens is 1.